The number of nitrogens with zero attached hydrogens (tertiary/aromatic N) is 2. The van der Waals surface area contributed by atoms with E-state index in [0.29, 0.717) is 0 Å². The average molecular weight is 342 g/mol. The minimum Gasteiger partial charge on any atom is -0.497 e. The van der Waals surface area contributed by atoms with Gasteiger partial charge in [0, 0.05) is 22.4 Å². The lowest BCUT2D eigenvalue weighted by atomic mass is 10.1. The molecule has 0 radical (unpaired) electrons. The number of methoxy groups -OCH3 is 2. The first kappa shape index (κ1) is 16.7. The maximum Gasteiger partial charge on any atom is 0.142 e. The monoisotopic (exact) mass is 342 g/mol. The second-order valence-electron chi connectivity index (χ2n) is 5.34. The van der Waals surface area contributed by atoms with Crippen LogP contribution in [0.25, 0.3) is 21.6 Å². The normalized spacial score (nSPS) is 12.5. The SMILES string of the molecule is CC.COc1ccc2c(OC)cc(-c3nc4c(s3)CCC4)nc2c1. The number of hydrogen-bond donors (Lipinski definition) is 0. The highest BCUT2D eigenvalue weighted by Gasteiger charge is 2.19. The van der Waals surface area contributed by atoms with Gasteiger partial charge in [0.25, 0.3) is 0 Å². The number of aryl methyl sites for hydroxylation is 2. The Morgan fingerprint density at radius 3 is 2.54 bits per heavy atom. The molecular formula is C19H22N2O2S. The van der Waals surface area contributed by atoms with Gasteiger partial charge in [0.05, 0.1) is 25.4 Å². The maximum absolute atomic E-state index is 5.54. The number of benzene rings is 1. The molecule has 0 aliphatic heterocycles. The third-order valence-corrected chi connectivity index (χ3v) is 5.19. The smallest absolute Gasteiger partial charge is 0.142 e. The van der Waals surface area contributed by atoms with Crippen LogP contribution in [0, 0.1) is 0 Å². The molecule has 1 aliphatic carbocycles. The van der Waals surface area contributed by atoms with E-state index in [1.807, 2.05) is 38.1 Å². The molecule has 1 aromatic carbocycles. The van der Waals surface area contributed by atoms with Crippen LogP contribution in [0.2, 0.25) is 0 Å². The van der Waals surface area contributed by atoms with Crippen LogP contribution in [0.4, 0.5) is 0 Å². The molecule has 2 heterocycles. The average Bonchev–Trinajstić information content (AvgIpc) is 3.23. The van der Waals surface area contributed by atoms with E-state index in [-0.39, 0.29) is 0 Å². The van der Waals surface area contributed by atoms with Gasteiger partial charge in [-0.2, -0.15) is 0 Å². The minimum absolute atomic E-state index is 0.792. The second kappa shape index (κ2) is 7.18. The highest BCUT2D eigenvalue weighted by molar-refractivity contribution is 7.15. The Labute approximate surface area is 146 Å². The minimum atomic E-state index is 0.792. The predicted octanol–water partition coefficient (Wildman–Crippen LogP) is 4.89. The molecule has 24 heavy (non-hydrogen) atoms. The summed E-state index contributed by atoms with van der Waals surface area (Å²) in [6.45, 7) is 4.00. The fraction of sp³-hybridized carbons (Fsp3) is 0.368. The van der Waals surface area contributed by atoms with Crippen molar-refractivity contribution in [1.29, 1.82) is 0 Å². The van der Waals surface area contributed by atoms with Gasteiger partial charge in [-0.15, -0.1) is 11.3 Å². The van der Waals surface area contributed by atoms with Crippen LogP contribution in [0.3, 0.4) is 0 Å². The lowest BCUT2D eigenvalue weighted by Crippen LogP contribution is -1.92. The van der Waals surface area contributed by atoms with E-state index in [2.05, 4.69) is 0 Å². The van der Waals surface area contributed by atoms with Crippen molar-refractivity contribution in [1.82, 2.24) is 9.97 Å². The first-order valence-corrected chi connectivity index (χ1v) is 9.12. The number of hydrogen-bond acceptors (Lipinski definition) is 5. The van der Waals surface area contributed by atoms with Crippen molar-refractivity contribution in [2.45, 2.75) is 33.1 Å². The quantitative estimate of drug-likeness (QED) is 0.680. The van der Waals surface area contributed by atoms with Crippen molar-refractivity contribution in [2.75, 3.05) is 14.2 Å². The molecule has 0 atom stereocenters. The zero-order chi connectivity index (χ0) is 17.1. The number of ether oxygens (including phenoxy) is 2. The summed E-state index contributed by atoms with van der Waals surface area (Å²) >= 11 is 1.75. The standard InChI is InChI=1S/C17H16N2O2S.C2H6/c1-20-10-6-7-11-13(8-10)18-14(9-15(11)21-2)17-19-12-4-3-5-16(12)22-17;1-2/h6-9H,3-5H2,1-2H3;1-2H3. The molecule has 5 heteroatoms. The van der Waals surface area contributed by atoms with Crippen molar-refractivity contribution in [2.24, 2.45) is 0 Å². The Hall–Kier alpha value is -2.14. The first-order valence-electron chi connectivity index (χ1n) is 8.30. The third-order valence-electron chi connectivity index (χ3n) is 4.01. The summed E-state index contributed by atoms with van der Waals surface area (Å²) in [5, 5.41) is 1.96. The molecule has 1 aliphatic rings. The Morgan fingerprint density at radius 1 is 1.00 bits per heavy atom. The van der Waals surface area contributed by atoms with E-state index in [9.17, 15) is 0 Å². The van der Waals surface area contributed by atoms with Gasteiger partial charge in [-0.25, -0.2) is 9.97 Å². The van der Waals surface area contributed by atoms with Gasteiger partial charge in [-0.05, 0) is 31.4 Å². The van der Waals surface area contributed by atoms with E-state index < -0.39 is 0 Å². The molecule has 0 spiro atoms. The Kier molecular flexibility index (Phi) is 5.00. The zero-order valence-corrected chi connectivity index (χ0v) is 15.4. The Morgan fingerprint density at radius 2 is 1.83 bits per heavy atom. The molecular weight excluding hydrogens is 320 g/mol. The molecule has 2 aromatic heterocycles. The molecule has 0 saturated heterocycles. The highest BCUT2D eigenvalue weighted by Crippen LogP contribution is 2.36. The van der Waals surface area contributed by atoms with E-state index in [1.165, 1.54) is 17.0 Å². The third kappa shape index (κ3) is 2.96. The highest BCUT2D eigenvalue weighted by atomic mass is 32.1. The fourth-order valence-electron chi connectivity index (χ4n) is 2.88. The predicted molar refractivity (Wildman–Crippen MR) is 99.3 cm³/mol. The van der Waals surface area contributed by atoms with Crippen molar-refractivity contribution in [3.63, 3.8) is 0 Å². The van der Waals surface area contributed by atoms with E-state index in [4.69, 9.17) is 19.4 Å². The van der Waals surface area contributed by atoms with Crippen molar-refractivity contribution in [3.05, 3.63) is 34.8 Å². The summed E-state index contributed by atoms with van der Waals surface area (Å²) in [5.41, 5.74) is 2.98. The van der Waals surface area contributed by atoms with Gasteiger partial charge in [-0.1, -0.05) is 13.8 Å². The number of aromatic nitrogens is 2. The Bertz CT molecular complexity index is 836. The van der Waals surface area contributed by atoms with Gasteiger partial charge in [-0.3, -0.25) is 0 Å². The molecule has 4 nitrogen and oxygen atoms in total. The van der Waals surface area contributed by atoms with Crippen LogP contribution in [0.5, 0.6) is 11.5 Å². The zero-order valence-electron chi connectivity index (χ0n) is 14.5. The van der Waals surface area contributed by atoms with Crippen LogP contribution in [-0.2, 0) is 12.8 Å². The Balaban J connectivity index is 0.000000815. The number of rotatable bonds is 3. The van der Waals surface area contributed by atoms with Crippen LogP contribution >= 0.6 is 11.3 Å². The summed E-state index contributed by atoms with van der Waals surface area (Å²) in [6, 6.07) is 7.81. The van der Waals surface area contributed by atoms with Crippen LogP contribution in [-0.4, -0.2) is 24.2 Å². The van der Waals surface area contributed by atoms with Gasteiger partial charge >= 0.3 is 0 Å². The molecule has 0 fully saturated rings. The molecule has 0 amide bonds. The number of pyridine rings is 1. The topological polar surface area (TPSA) is 44.2 Å². The van der Waals surface area contributed by atoms with E-state index in [0.717, 1.165) is 45.9 Å². The van der Waals surface area contributed by atoms with Crippen molar-refractivity contribution >= 4 is 22.2 Å². The molecule has 0 bridgehead atoms. The van der Waals surface area contributed by atoms with E-state index in [1.54, 1.807) is 25.6 Å². The molecule has 4 rings (SSSR count). The van der Waals surface area contributed by atoms with Gasteiger partial charge in [0.2, 0.25) is 0 Å². The van der Waals surface area contributed by atoms with Crippen LogP contribution in [0.15, 0.2) is 24.3 Å². The van der Waals surface area contributed by atoms with Gasteiger partial charge in [0.15, 0.2) is 0 Å². The number of fused-ring (bicyclic) bond motifs is 2. The van der Waals surface area contributed by atoms with E-state index >= 15 is 0 Å². The van der Waals surface area contributed by atoms with Gasteiger partial charge < -0.3 is 9.47 Å². The van der Waals surface area contributed by atoms with Crippen LogP contribution < -0.4 is 9.47 Å². The summed E-state index contributed by atoms with van der Waals surface area (Å²) in [5.74, 6) is 1.61. The molecule has 0 saturated carbocycles. The summed E-state index contributed by atoms with van der Waals surface area (Å²) in [4.78, 5) is 10.9. The summed E-state index contributed by atoms with van der Waals surface area (Å²) in [6.07, 6.45) is 3.45. The molecule has 0 unspecified atom stereocenters. The van der Waals surface area contributed by atoms with Gasteiger partial charge in [0.1, 0.15) is 22.2 Å². The lowest BCUT2D eigenvalue weighted by Gasteiger charge is -2.08. The van der Waals surface area contributed by atoms with Crippen molar-refractivity contribution < 1.29 is 9.47 Å². The lowest BCUT2D eigenvalue weighted by molar-refractivity contribution is 0.414. The summed E-state index contributed by atoms with van der Waals surface area (Å²) in [7, 11) is 3.35. The largest absolute Gasteiger partial charge is 0.497 e. The molecule has 3 aromatic rings. The molecule has 126 valence electrons. The number of thiazole rings is 1. The van der Waals surface area contributed by atoms with Crippen molar-refractivity contribution in [3.8, 4) is 22.2 Å². The molecule has 0 N–H and O–H groups in total. The van der Waals surface area contributed by atoms with Crippen LogP contribution in [0.1, 0.15) is 30.8 Å². The fourth-order valence-corrected chi connectivity index (χ4v) is 3.99. The second-order valence-corrected chi connectivity index (χ2v) is 6.42. The first-order chi connectivity index (χ1) is 11.8. The summed E-state index contributed by atoms with van der Waals surface area (Å²) < 4.78 is 10.8. The maximum atomic E-state index is 5.54.